The highest BCUT2D eigenvalue weighted by Gasteiger charge is 2.29. The Balaban J connectivity index is 4.57. The lowest BCUT2D eigenvalue weighted by Crippen LogP contribution is -2.30. The molecule has 0 saturated heterocycles. The number of phosphoric ester groups is 2. The summed E-state index contributed by atoms with van der Waals surface area (Å²) < 4.78 is 61.1. The monoisotopic (exact) mass is 1400 g/mol. The van der Waals surface area contributed by atoms with E-state index in [4.69, 9.17) is 32.3 Å². The number of carbonyl (C=O) groups is 3. The number of hydrogen-bond acceptors (Lipinski definition) is 14. The molecule has 0 spiro atoms. The normalized spacial score (nSPS) is 14.7. The third-order valence-electron chi connectivity index (χ3n) is 16.0. The Morgan fingerprint density at radius 3 is 0.887 bits per heavy atom. The predicted molar refractivity (Wildman–Crippen MR) is 399 cm³/mol. The zero-order valence-electron chi connectivity index (χ0n) is 61.0. The van der Waals surface area contributed by atoms with Crippen LogP contribution in [-0.2, 0) is 55.8 Å². The second-order valence-corrected chi connectivity index (χ2v) is 28.3. The van der Waals surface area contributed by atoms with Crippen molar-refractivity contribution in [2.45, 2.75) is 334 Å². The average molecular weight is 1410 g/mol. The average Bonchev–Trinajstić information content (AvgIpc) is 1.86. The molecule has 0 aromatic carbocycles. The molecule has 0 amide bonds. The van der Waals surface area contributed by atoms with Crippen LogP contribution in [0.2, 0.25) is 0 Å². The summed E-state index contributed by atoms with van der Waals surface area (Å²) >= 11 is 0. The third-order valence-corrected chi connectivity index (χ3v) is 17.9. The van der Waals surface area contributed by atoms with Gasteiger partial charge < -0.3 is 34.2 Å². The number of esters is 3. The molecule has 0 aliphatic heterocycles. The SMILES string of the molecule is CC/C=C\C/C=C\C/C=C\C/C=C\C/C=C\C/C=C\CCCCCCCCCCC(=O)OCC(O)COP(=O)(O)OCC(O)COP(=O)(O)OCC(COC(=O)CCCCCCCC/C=C\C/C=C\C/C=C\CCCCC)OC(=O)CCCCCCCCCCCCCCCCC. The number of hydrogen-bond donors (Lipinski definition) is 4. The first-order chi connectivity index (χ1) is 47.2. The van der Waals surface area contributed by atoms with Crippen molar-refractivity contribution in [3.63, 3.8) is 0 Å². The maximum absolute atomic E-state index is 13.0. The maximum atomic E-state index is 13.0. The summed E-state index contributed by atoms with van der Waals surface area (Å²) in [7, 11) is -9.79. The van der Waals surface area contributed by atoms with E-state index in [1.807, 2.05) is 0 Å². The van der Waals surface area contributed by atoms with Crippen molar-refractivity contribution in [1.82, 2.24) is 0 Å². The summed E-state index contributed by atoms with van der Waals surface area (Å²) in [6, 6.07) is 0. The molecule has 16 nitrogen and oxygen atoms in total. The number of aliphatic hydroxyl groups excluding tert-OH is 2. The Labute approximate surface area is 590 Å². The van der Waals surface area contributed by atoms with Gasteiger partial charge in [-0.15, -0.1) is 0 Å². The molecule has 5 atom stereocenters. The zero-order valence-corrected chi connectivity index (χ0v) is 62.8. The smallest absolute Gasteiger partial charge is 0.463 e. The summed E-state index contributed by atoms with van der Waals surface area (Å²) in [5.74, 6) is -1.59. The van der Waals surface area contributed by atoms with Crippen molar-refractivity contribution < 1.29 is 75.8 Å². The Bertz CT molecular complexity index is 2200. The number of carbonyl (C=O) groups excluding carboxylic acids is 3. The third kappa shape index (κ3) is 73.3. The molecule has 0 aliphatic carbocycles. The Kier molecular flexibility index (Phi) is 69.2. The summed E-state index contributed by atoms with van der Waals surface area (Å²) in [6.45, 7) is 2.54. The van der Waals surface area contributed by atoms with E-state index in [-0.39, 0.29) is 19.3 Å². The van der Waals surface area contributed by atoms with Gasteiger partial charge in [0.15, 0.2) is 6.10 Å². The molecular weight excluding hydrogens is 1270 g/mol. The van der Waals surface area contributed by atoms with E-state index >= 15 is 0 Å². The van der Waals surface area contributed by atoms with Crippen molar-refractivity contribution in [1.29, 1.82) is 0 Å². The summed E-state index contributed by atoms with van der Waals surface area (Å²) in [4.78, 5) is 58.6. The predicted octanol–water partition coefficient (Wildman–Crippen LogP) is 22.0. The molecule has 97 heavy (non-hydrogen) atoms. The van der Waals surface area contributed by atoms with Crippen molar-refractivity contribution in [2.75, 3.05) is 39.6 Å². The lowest BCUT2D eigenvalue weighted by molar-refractivity contribution is -0.161. The van der Waals surface area contributed by atoms with E-state index in [0.717, 1.165) is 154 Å². The van der Waals surface area contributed by atoms with Crippen LogP contribution in [0.3, 0.4) is 0 Å². The summed E-state index contributed by atoms with van der Waals surface area (Å²) in [5, 5.41) is 20.6. The highest BCUT2D eigenvalue weighted by molar-refractivity contribution is 7.47. The van der Waals surface area contributed by atoms with Crippen LogP contribution in [0.1, 0.15) is 316 Å². The highest BCUT2D eigenvalue weighted by atomic mass is 31.2. The van der Waals surface area contributed by atoms with Crippen molar-refractivity contribution in [2.24, 2.45) is 0 Å². The number of allylic oxidation sites excluding steroid dienone is 18. The molecule has 0 aromatic rings. The summed E-state index contributed by atoms with van der Waals surface area (Å²) in [6.07, 6.45) is 82.7. The number of unbranched alkanes of at least 4 members (excludes halogenated alkanes) is 31. The molecular formula is C79H138O16P2. The van der Waals surface area contributed by atoms with Gasteiger partial charge in [-0.1, -0.05) is 297 Å². The van der Waals surface area contributed by atoms with Crippen LogP contribution >= 0.6 is 15.6 Å². The first kappa shape index (κ1) is 93.2. The molecule has 0 fully saturated rings. The Morgan fingerprint density at radius 1 is 0.299 bits per heavy atom. The molecule has 0 aliphatic rings. The van der Waals surface area contributed by atoms with Gasteiger partial charge >= 0.3 is 33.6 Å². The highest BCUT2D eigenvalue weighted by Crippen LogP contribution is 2.45. The maximum Gasteiger partial charge on any atom is 0.472 e. The van der Waals surface area contributed by atoms with E-state index in [0.29, 0.717) is 19.3 Å². The minimum Gasteiger partial charge on any atom is -0.463 e. The van der Waals surface area contributed by atoms with Gasteiger partial charge in [-0.2, -0.15) is 0 Å². The largest absolute Gasteiger partial charge is 0.472 e. The van der Waals surface area contributed by atoms with Gasteiger partial charge in [-0.25, -0.2) is 9.13 Å². The fourth-order valence-electron chi connectivity index (χ4n) is 10.2. The van der Waals surface area contributed by atoms with Crippen LogP contribution in [-0.4, -0.2) is 95.9 Å². The van der Waals surface area contributed by atoms with Crippen LogP contribution < -0.4 is 0 Å². The van der Waals surface area contributed by atoms with E-state index in [2.05, 4.69) is 130 Å². The van der Waals surface area contributed by atoms with Crippen molar-refractivity contribution in [3.05, 3.63) is 109 Å². The van der Waals surface area contributed by atoms with Gasteiger partial charge in [-0.3, -0.25) is 32.5 Å². The first-order valence-corrected chi connectivity index (χ1v) is 41.2. The topological polar surface area (TPSA) is 231 Å². The number of rotatable bonds is 72. The van der Waals surface area contributed by atoms with Crippen LogP contribution in [0.4, 0.5) is 0 Å². The standard InChI is InChI=1S/C79H138O16P2/c1-4-7-10-13-16-19-22-25-28-30-32-33-34-35-36-37-38-39-41-43-45-47-50-53-56-59-62-65-77(82)89-68-74(80)69-91-96(85,86)92-70-75(81)71-93-97(87,88)94-73-76(95-79(84)67-64-61-58-55-52-49-44-27-24-21-18-15-12-9-6-3)72-90-78(83)66-63-60-57-54-51-48-46-42-40-31-29-26-23-20-17-14-11-8-5-2/h7,10,16-17,19-20,25-26,28-29,32-33,35-36,38-40,42,74-76,80-81H,4-6,8-9,11-15,18,21-24,27,30-31,34,37,41,43-73H2,1-3H3,(H,85,86)(H,87,88)/b10-7-,19-16-,20-17-,28-25-,29-26-,33-32-,36-35-,39-38-,42-40-. The van der Waals surface area contributed by atoms with Crippen LogP contribution in [0, 0.1) is 0 Å². The quantitative estimate of drug-likeness (QED) is 0.0146. The number of ether oxygens (including phenoxy) is 3. The van der Waals surface area contributed by atoms with Gasteiger partial charge in [0.25, 0.3) is 0 Å². The molecule has 5 unspecified atom stereocenters. The lowest BCUT2D eigenvalue weighted by atomic mass is 10.0. The van der Waals surface area contributed by atoms with Crippen LogP contribution in [0.15, 0.2) is 109 Å². The molecule has 0 rings (SSSR count). The first-order valence-electron chi connectivity index (χ1n) is 38.2. The van der Waals surface area contributed by atoms with Gasteiger partial charge in [0.1, 0.15) is 25.4 Å². The Hall–Kier alpha value is -3.79. The second-order valence-electron chi connectivity index (χ2n) is 25.4. The molecule has 0 heterocycles. The Morgan fingerprint density at radius 2 is 0.546 bits per heavy atom. The molecule has 4 N–H and O–H groups in total. The van der Waals surface area contributed by atoms with Gasteiger partial charge in [0, 0.05) is 19.3 Å². The van der Waals surface area contributed by atoms with Gasteiger partial charge in [-0.05, 0) is 109 Å². The summed E-state index contributed by atoms with van der Waals surface area (Å²) in [5.41, 5.74) is 0. The van der Waals surface area contributed by atoms with Gasteiger partial charge in [0.2, 0.25) is 0 Å². The van der Waals surface area contributed by atoms with E-state index in [1.54, 1.807) is 0 Å². The molecule has 0 aromatic heterocycles. The minimum atomic E-state index is -4.93. The molecule has 18 heteroatoms. The van der Waals surface area contributed by atoms with Crippen molar-refractivity contribution >= 4 is 33.6 Å². The van der Waals surface area contributed by atoms with E-state index < -0.39 is 91.5 Å². The van der Waals surface area contributed by atoms with Crippen molar-refractivity contribution in [3.8, 4) is 0 Å². The number of aliphatic hydroxyl groups is 2. The van der Waals surface area contributed by atoms with Crippen LogP contribution in [0.5, 0.6) is 0 Å². The molecule has 0 saturated carbocycles. The zero-order chi connectivity index (χ0) is 70.9. The molecule has 560 valence electrons. The van der Waals surface area contributed by atoms with E-state index in [9.17, 15) is 43.5 Å². The fourth-order valence-corrected chi connectivity index (χ4v) is 11.8. The second kappa shape index (κ2) is 72.0. The minimum absolute atomic E-state index is 0.105. The van der Waals surface area contributed by atoms with E-state index in [1.165, 1.54) is 103 Å². The lowest BCUT2D eigenvalue weighted by Gasteiger charge is -2.21. The number of phosphoric acid groups is 2. The molecule has 0 radical (unpaired) electrons. The molecule has 0 bridgehead atoms. The van der Waals surface area contributed by atoms with Gasteiger partial charge in [0.05, 0.1) is 26.4 Å². The van der Waals surface area contributed by atoms with Crippen LogP contribution in [0.25, 0.3) is 0 Å². The fraction of sp³-hybridized carbons (Fsp3) is 0.734.